The topological polar surface area (TPSA) is 48.5 Å². The molecule has 0 bridgehead atoms. The summed E-state index contributed by atoms with van der Waals surface area (Å²) in [6.45, 7) is 0. The van der Waals surface area contributed by atoms with E-state index in [1.165, 1.54) is 11.9 Å². The highest BCUT2D eigenvalue weighted by Crippen LogP contribution is 2.23. The molecule has 2 aromatic carbocycles. The summed E-state index contributed by atoms with van der Waals surface area (Å²) in [5.41, 5.74) is 1.38. The fourth-order valence-electron chi connectivity index (χ4n) is 1.21. The summed E-state index contributed by atoms with van der Waals surface area (Å²) in [6.07, 6.45) is 0. The van der Waals surface area contributed by atoms with E-state index in [1.807, 2.05) is 12.1 Å². The Labute approximate surface area is 114 Å². The van der Waals surface area contributed by atoms with Gasteiger partial charge in [-0.15, -0.1) is 9.63 Å². The van der Waals surface area contributed by atoms with Crippen LogP contribution in [-0.2, 0) is 0 Å². The van der Waals surface area contributed by atoms with Crippen LogP contribution in [0.4, 0.5) is 5.69 Å². The van der Waals surface area contributed by atoms with Crippen LogP contribution in [-0.4, -0.2) is 0 Å². The van der Waals surface area contributed by atoms with Crippen molar-refractivity contribution in [2.75, 3.05) is 0 Å². The average molecular weight is 274 g/mol. The molecule has 3 nitrogen and oxygen atoms in total. The number of hydrogen-bond acceptors (Lipinski definition) is 4. The second-order valence-electron chi connectivity index (χ2n) is 3.39. The Hall–Kier alpha value is -1.83. The monoisotopic (exact) mass is 273 g/mol. The molecule has 2 rings (SSSR count). The third-order valence-corrected chi connectivity index (χ3v) is 3.01. The third kappa shape index (κ3) is 3.59. The van der Waals surface area contributed by atoms with Crippen molar-refractivity contribution >= 4 is 29.2 Å². The molecule has 0 radical (unpaired) electrons. The highest BCUT2D eigenvalue weighted by atomic mass is 35.5. The number of nitrogens with zero attached hydrogens (tertiary/aromatic N) is 3. The Morgan fingerprint density at radius 3 is 2.28 bits per heavy atom. The second kappa shape index (κ2) is 6.20. The molecular formula is C13H8ClN3S. The molecule has 18 heavy (non-hydrogen) atoms. The Morgan fingerprint density at radius 1 is 1.00 bits per heavy atom. The lowest BCUT2D eigenvalue weighted by Crippen LogP contribution is -1.72. The van der Waals surface area contributed by atoms with Crippen molar-refractivity contribution in [2.24, 2.45) is 9.63 Å². The lowest BCUT2D eigenvalue weighted by atomic mass is 10.2. The van der Waals surface area contributed by atoms with E-state index in [0.717, 1.165) is 10.6 Å². The molecule has 0 unspecified atom stereocenters. The van der Waals surface area contributed by atoms with Gasteiger partial charge in [-0.2, -0.15) is 5.26 Å². The molecule has 0 aromatic heterocycles. The summed E-state index contributed by atoms with van der Waals surface area (Å²) in [7, 11) is 0. The van der Waals surface area contributed by atoms with Gasteiger partial charge in [0.1, 0.15) is 0 Å². The molecule has 0 saturated carbocycles. The van der Waals surface area contributed by atoms with Crippen molar-refractivity contribution < 1.29 is 0 Å². The standard InChI is InChI=1S/C13H8ClN3S/c14-11-3-5-12(6-4-11)16-17-18-13-7-1-10(9-15)2-8-13/h1-8H. The smallest absolute Gasteiger partial charge is 0.0991 e. The highest BCUT2D eigenvalue weighted by Gasteiger charge is 1.94. The highest BCUT2D eigenvalue weighted by molar-refractivity contribution is 7.97. The zero-order valence-electron chi connectivity index (χ0n) is 9.25. The molecule has 88 valence electrons. The van der Waals surface area contributed by atoms with E-state index < -0.39 is 0 Å². The second-order valence-corrected chi connectivity index (χ2v) is 4.64. The summed E-state index contributed by atoms with van der Waals surface area (Å²) in [5.74, 6) is 0. The van der Waals surface area contributed by atoms with E-state index in [9.17, 15) is 0 Å². The van der Waals surface area contributed by atoms with Crippen molar-refractivity contribution in [1.82, 2.24) is 0 Å². The molecular weight excluding hydrogens is 266 g/mol. The Morgan fingerprint density at radius 2 is 1.67 bits per heavy atom. The van der Waals surface area contributed by atoms with Gasteiger partial charge in [0.2, 0.25) is 0 Å². The first kappa shape index (κ1) is 12.6. The minimum Gasteiger partial charge on any atom is -0.192 e. The average Bonchev–Trinajstić information content (AvgIpc) is 2.42. The zero-order valence-corrected chi connectivity index (χ0v) is 10.8. The van der Waals surface area contributed by atoms with Gasteiger partial charge in [0.05, 0.1) is 17.3 Å². The van der Waals surface area contributed by atoms with Crippen molar-refractivity contribution in [1.29, 1.82) is 5.26 Å². The van der Waals surface area contributed by atoms with Gasteiger partial charge >= 0.3 is 0 Å². The van der Waals surface area contributed by atoms with Crippen LogP contribution in [0.3, 0.4) is 0 Å². The molecule has 2 aromatic rings. The van der Waals surface area contributed by atoms with Gasteiger partial charge in [-0.05, 0) is 48.5 Å². The SMILES string of the molecule is N#Cc1ccc(SN=Nc2ccc(Cl)cc2)cc1. The maximum Gasteiger partial charge on any atom is 0.0991 e. The van der Waals surface area contributed by atoms with Crippen molar-refractivity contribution in [3.8, 4) is 6.07 Å². The normalized spacial score (nSPS) is 10.4. The number of nitriles is 1. The van der Waals surface area contributed by atoms with Crippen LogP contribution in [0, 0.1) is 11.3 Å². The van der Waals surface area contributed by atoms with E-state index in [2.05, 4.69) is 15.7 Å². The fraction of sp³-hybridized carbons (Fsp3) is 0. The maximum absolute atomic E-state index is 8.67. The van der Waals surface area contributed by atoms with Crippen molar-refractivity contribution in [3.63, 3.8) is 0 Å². The van der Waals surface area contributed by atoms with E-state index in [4.69, 9.17) is 16.9 Å². The lowest BCUT2D eigenvalue weighted by molar-refractivity contribution is 1.32. The fourth-order valence-corrected chi connectivity index (χ4v) is 1.83. The largest absolute Gasteiger partial charge is 0.192 e. The van der Waals surface area contributed by atoms with Gasteiger partial charge in [0, 0.05) is 21.9 Å². The first-order chi connectivity index (χ1) is 8.78. The summed E-state index contributed by atoms with van der Waals surface area (Å²) >= 11 is 7.02. The van der Waals surface area contributed by atoms with Crippen molar-refractivity contribution in [3.05, 3.63) is 59.1 Å². The Kier molecular flexibility index (Phi) is 4.35. The first-order valence-electron chi connectivity index (χ1n) is 5.12. The van der Waals surface area contributed by atoms with Crippen LogP contribution < -0.4 is 0 Å². The zero-order chi connectivity index (χ0) is 12.8. The number of halogens is 1. The van der Waals surface area contributed by atoms with Crippen LogP contribution in [0.15, 0.2) is 63.1 Å². The predicted octanol–water partition coefficient (Wildman–Crippen LogP) is 5.00. The van der Waals surface area contributed by atoms with Gasteiger partial charge in [-0.3, -0.25) is 0 Å². The number of hydrogen-bond donors (Lipinski definition) is 0. The minimum atomic E-state index is 0.633. The van der Waals surface area contributed by atoms with Gasteiger partial charge in [0.15, 0.2) is 0 Å². The summed E-state index contributed by atoms with van der Waals surface area (Å²) in [6, 6.07) is 16.4. The predicted molar refractivity (Wildman–Crippen MR) is 73.0 cm³/mol. The van der Waals surface area contributed by atoms with Gasteiger partial charge in [0.25, 0.3) is 0 Å². The van der Waals surface area contributed by atoms with E-state index >= 15 is 0 Å². The Balaban J connectivity index is 1.98. The Bertz CT molecular complexity index is 585. The molecule has 0 N–H and O–H groups in total. The molecule has 0 heterocycles. The van der Waals surface area contributed by atoms with Gasteiger partial charge < -0.3 is 0 Å². The molecule has 0 atom stereocenters. The van der Waals surface area contributed by atoms with Crippen molar-refractivity contribution in [2.45, 2.75) is 4.90 Å². The van der Waals surface area contributed by atoms with Crippen LogP contribution in [0.2, 0.25) is 5.02 Å². The third-order valence-electron chi connectivity index (χ3n) is 2.11. The van der Waals surface area contributed by atoms with E-state index in [-0.39, 0.29) is 0 Å². The molecule has 0 aliphatic heterocycles. The summed E-state index contributed by atoms with van der Waals surface area (Å²) < 4.78 is 4.01. The molecule has 0 fully saturated rings. The van der Waals surface area contributed by atoms with Gasteiger partial charge in [-0.1, -0.05) is 11.6 Å². The first-order valence-corrected chi connectivity index (χ1v) is 6.27. The summed E-state index contributed by atoms with van der Waals surface area (Å²) in [5, 5.41) is 13.4. The van der Waals surface area contributed by atoms with Crippen LogP contribution in [0.1, 0.15) is 5.56 Å². The molecule has 5 heteroatoms. The number of benzene rings is 2. The minimum absolute atomic E-state index is 0.633. The quantitative estimate of drug-likeness (QED) is 0.583. The van der Waals surface area contributed by atoms with E-state index in [0.29, 0.717) is 10.6 Å². The number of rotatable bonds is 3. The lowest BCUT2D eigenvalue weighted by Gasteiger charge is -1.94. The van der Waals surface area contributed by atoms with Crippen LogP contribution in [0.5, 0.6) is 0 Å². The molecule has 0 aliphatic rings. The molecule has 0 spiro atoms. The van der Waals surface area contributed by atoms with Crippen LogP contribution in [0.25, 0.3) is 0 Å². The maximum atomic E-state index is 8.67. The van der Waals surface area contributed by atoms with Gasteiger partial charge in [-0.25, -0.2) is 0 Å². The molecule has 0 saturated heterocycles. The summed E-state index contributed by atoms with van der Waals surface area (Å²) in [4.78, 5) is 0.937. The molecule has 0 aliphatic carbocycles. The molecule has 0 amide bonds. The van der Waals surface area contributed by atoms with E-state index in [1.54, 1.807) is 36.4 Å². The van der Waals surface area contributed by atoms with Crippen LogP contribution >= 0.6 is 23.5 Å².